The number of amidine groups is 1. The van der Waals surface area contributed by atoms with Crippen molar-refractivity contribution >= 4 is 29.9 Å². The first-order valence-corrected chi connectivity index (χ1v) is 9.43. The lowest BCUT2D eigenvalue weighted by atomic mass is 9.97. The fourth-order valence-corrected chi connectivity index (χ4v) is 2.90. The Labute approximate surface area is 175 Å². The Bertz CT molecular complexity index is 874. The number of aliphatic hydroxyl groups excluding tert-OH is 1. The van der Waals surface area contributed by atoms with E-state index in [0.29, 0.717) is 17.1 Å². The van der Waals surface area contributed by atoms with Crippen molar-refractivity contribution in [1.82, 2.24) is 4.98 Å². The van der Waals surface area contributed by atoms with E-state index in [1.54, 1.807) is 47.5 Å². The molecule has 2 rings (SSSR count). The summed E-state index contributed by atoms with van der Waals surface area (Å²) in [6, 6.07) is 10.1. The summed E-state index contributed by atoms with van der Waals surface area (Å²) in [4.78, 5) is 10.4. The number of hydrogen-bond donors (Lipinski definition) is 4. The Hall–Kier alpha value is -3.17. The number of ether oxygens (including phenoxy) is 1. The van der Waals surface area contributed by atoms with Gasteiger partial charge in [-0.1, -0.05) is 19.1 Å². The highest BCUT2D eigenvalue weighted by atomic mass is 19.1. The van der Waals surface area contributed by atoms with Crippen molar-refractivity contribution in [3.8, 4) is 0 Å². The number of alkyl halides is 1. The van der Waals surface area contributed by atoms with E-state index in [4.69, 9.17) is 26.3 Å². The number of aliphatic imine (C=N–C) groups is 1. The highest BCUT2D eigenvalue weighted by Gasteiger charge is 2.25. The number of aromatic nitrogens is 1. The van der Waals surface area contributed by atoms with Crippen LogP contribution in [0.1, 0.15) is 25.0 Å². The SMILES string of the molecule is CC(N=C(c1cccnc1N)N(C=N)c1ccc(CO)cc1)[C@H](C)C(C=N)OCF. The largest absolute Gasteiger partial charge is 0.392 e. The molecule has 0 aliphatic heterocycles. The molecule has 3 atom stereocenters. The van der Waals surface area contributed by atoms with E-state index >= 15 is 0 Å². The molecule has 0 amide bonds. The number of anilines is 2. The zero-order valence-corrected chi connectivity index (χ0v) is 17.0. The van der Waals surface area contributed by atoms with Gasteiger partial charge in [-0.15, -0.1) is 0 Å². The highest BCUT2D eigenvalue weighted by molar-refractivity contribution is 6.20. The fraction of sp³-hybridized carbons (Fsp3) is 0.333. The smallest absolute Gasteiger partial charge is 0.189 e. The van der Waals surface area contributed by atoms with Crippen LogP contribution in [0.4, 0.5) is 15.9 Å². The van der Waals surface area contributed by atoms with Gasteiger partial charge in [-0.05, 0) is 36.8 Å². The lowest BCUT2D eigenvalue weighted by Gasteiger charge is -2.27. The molecule has 0 radical (unpaired) electrons. The molecule has 0 saturated carbocycles. The first-order chi connectivity index (χ1) is 14.5. The Morgan fingerprint density at radius 3 is 2.53 bits per heavy atom. The highest BCUT2D eigenvalue weighted by Crippen LogP contribution is 2.22. The second kappa shape index (κ2) is 11.1. The zero-order chi connectivity index (χ0) is 22.1. The van der Waals surface area contributed by atoms with Crippen LogP contribution < -0.4 is 10.6 Å². The van der Waals surface area contributed by atoms with Crippen LogP contribution in [0, 0.1) is 16.7 Å². The molecule has 9 heteroatoms. The number of nitrogens with one attached hydrogen (secondary N) is 2. The summed E-state index contributed by atoms with van der Waals surface area (Å²) in [5.74, 6) is 0.324. The molecule has 2 unspecified atom stereocenters. The minimum absolute atomic E-state index is 0.0878. The van der Waals surface area contributed by atoms with Crippen molar-refractivity contribution in [2.75, 3.05) is 17.5 Å². The maximum absolute atomic E-state index is 12.7. The molecule has 160 valence electrons. The Morgan fingerprint density at radius 1 is 1.30 bits per heavy atom. The second-order valence-electron chi connectivity index (χ2n) is 6.72. The van der Waals surface area contributed by atoms with Gasteiger partial charge in [0.05, 0.1) is 30.7 Å². The molecular formula is C21H27FN6O2. The Kier molecular flexibility index (Phi) is 8.57. The van der Waals surface area contributed by atoms with Crippen LogP contribution in [-0.2, 0) is 11.3 Å². The fourth-order valence-electron chi connectivity index (χ4n) is 2.90. The molecule has 0 aliphatic rings. The number of aliphatic hydroxyl groups is 1. The van der Waals surface area contributed by atoms with Crippen LogP contribution in [0.3, 0.4) is 0 Å². The van der Waals surface area contributed by atoms with Crippen molar-refractivity contribution < 1.29 is 14.2 Å². The summed E-state index contributed by atoms with van der Waals surface area (Å²) < 4.78 is 17.6. The van der Waals surface area contributed by atoms with E-state index < -0.39 is 19.0 Å². The van der Waals surface area contributed by atoms with Crippen molar-refractivity contribution in [1.29, 1.82) is 10.8 Å². The average molecular weight is 414 g/mol. The maximum atomic E-state index is 12.7. The number of halogens is 1. The topological polar surface area (TPSA) is 132 Å². The predicted molar refractivity (Wildman–Crippen MR) is 117 cm³/mol. The summed E-state index contributed by atoms with van der Waals surface area (Å²) in [6.07, 6.45) is 2.99. The van der Waals surface area contributed by atoms with Crippen LogP contribution in [0.15, 0.2) is 47.6 Å². The molecule has 0 saturated heterocycles. The van der Waals surface area contributed by atoms with E-state index in [0.717, 1.165) is 18.1 Å². The molecule has 0 bridgehead atoms. The van der Waals surface area contributed by atoms with Crippen LogP contribution in [0.5, 0.6) is 0 Å². The van der Waals surface area contributed by atoms with Crippen molar-refractivity contribution in [2.24, 2.45) is 10.9 Å². The van der Waals surface area contributed by atoms with Crippen molar-refractivity contribution in [2.45, 2.75) is 32.6 Å². The van der Waals surface area contributed by atoms with Gasteiger partial charge in [-0.25, -0.2) is 9.37 Å². The number of benzene rings is 1. The van der Waals surface area contributed by atoms with E-state index in [1.165, 1.54) is 0 Å². The van der Waals surface area contributed by atoms with Crippen molar-refractivity contribution in [3.05, 3.63) is 53.7 Å². The minimum atomic E-state index is -0.993. The van der Waals surface area contributed by atoms with Gasteiger partial charge in [0.1, 0.15) is 11.7 Å². The number of nitrogen functional groups attached to an aromatic ring is 1. The third-order valence-electron chi connectivity index (χ3n) is 4.86. The van der Waals surface area contributed by atoms with E-state index in [2.05, 4.69) is 4.98 Å². The molecule has 30 heavy (non-hydrogen) atoms. The molecule has 1 aromatic heterocycles. The number of hydrogen-bond acceptors (Lipinski definition) is 7. The van der Waals surface area contributed by atoms with Crippen molar-refractivity contribution in [3.63, 3.8) is 0 Å². The molecule has 2 aromatic rings. The molecular weight excluding hydrogens is 387 g/mol. The lowest BCUT2D eigenvalue weighted by Crippen LogP contribution is -2.35. The molecule has 8 nitrogen and oxygen atoms in total. The Balaban J connectivity index is 2.53. The molecule has 0 aliphatic carbocycles. The van der Waals surface area contributed by atoms with Gasteiger partial charge in [0, 0.05) is 24.0 Å². The van der Waals surface area contributed by atoms with Gasteiger partial charge in [0.2, 0.25) is 0 Å². The number of pyridine rings is 1. The number of nitrogens with zero attached hydrogens (tertiary/aromatic N) is 3. The summed E-state index contributed by atoms with van der Waals surface area (Å²) in [5, 5.41) is 24.8. The third-order valence-corrected chi connectivity index (χ3v) is 4.86. The zero-order valence-electron chi connectivity index (χ0n) is 17.0. The summed E-state index contributed by atoms with van der Waals surface area (Å²) in [5.41, 5.74) is 8.00. The molecule has 5 N–H and O–H groups in total. The van der Waals surface area contributed by atoms with Crippen LogP contribution in [0.2, 0.25) is 0 Å². The molecule has 1 heterocycles. The normalized spacial score (nSPS) is 14.6. The summed E-state index contributed by atoms with van der Waals surface area (Å²) in [7, 11) is 0. The maximum Gasteiger partial charge on any atom is 0.189 e. The molecule has 1 aromatic carbocycles. The molecule has 0 spiro atoms. The van der Waals surface area contributed by atoms with E-state index in [9.17, 15) is 9.50 Å². The van der Waals surface area contributed by atoms with Gasteiger partial charge in [0.25, 0.3) is 0 Å². The lowest BCUT2D eigenvalue weighted by molar-refractivity contribution is 0.00373. The van der Waals surface area contributed by atoms with Gasteiger partial charge < -0.3 is 21.0 Å². The second-order valence-corrected chi connectivity index (χ2v) is 6.72. The third kappa shape index (κ3) is 5.46. The van der Waals surface area contributed by atoms with Gasteiger partial charge >= 0.3 is 0 Å². The minimum Gasteiger partial charge on any atom is -0.392 e. The first kappa shape index (κ1) is 23.1. The first-order valence-electron chi connectivity index (χ1n) is 9.43. The summed E-state index contributed by atoms with van der Waals surface area (Å²) in [6.45, 7) is 2.56. The van der Waals surface area contributed by atoms with E-state index in [1.807, 2.05) is 13.8 Å². The standard InChI is InChI=1S/C21H27FN6O2/c1-14(19(10-23)30-12-22)15(2)27-21(18-4-3-9-26-20(18)25)28(13-24)17-7-5-16(11-29)6-8-17/h3-10,13-15,19,23-24,29H,11-12H2,1-2H3,(H2,25,26)/t14-,15?,19?/m0/s1. The van der Waals surface area contributed by atoms with Gasteiger partial charge in [-0.2, -0.15) is 0 Å². The van der Waals surface area contributed by atoms with Crippen LogP contribution >= 0.6 is 0 Å². The number of nitrogens with two attached hydrogens (primary N) is 1. The quantitative estimate of drug-likeness (QED) is 0.350. The Morgan fingerprint density at radius 2 is 2.00 bits per heavy atom. The predicted octanol–water partition coefficient (Wildman–Crippen LogP) is 3.00. The summed E-state index contributed by atoms with van der Waals surface area (Å²) >= 11 is 0. The number of rotatable bonds is 10. The average Bonchev–Trinajstić information content (AvgIpc) is 2.77. The van der Waals surface area contributed by atoms with E-state index in [-0.39, 0.29) is 18.3 Å². The van der Waals surface area contributed by atoms with Crippen LogP contribution in [0.25, 0.3) is 0 Å². The monoisotopic (exact) mass is 414 g/mol. The molecule has 0 fully saturated rings. The van der Waals surface area contributed by atoms with Gasteiger partial charge in [0.15, 0.2) is 6.86 Å². The van der Waals surface area contributed by atoms with Gasteiger partial charge in [-0.3, -0.25) is 15.3 Å². The van der Waals surface area contributed by atoms with Crippen LogP contribution in [-0.4, -0.2) is 47.5 Å².